The van der Waals surface area contributed by atoms with Gasteiger partial charge in [0.1, 0.15) is 12.1 Å². The fraction of sp³-hybridized carbons (Fsp3) is 0.158. The van der Waals surface area contributed by atoms with Crippen molar-refractivity contribution in [3.63, 3.8) is 0 Å². The predicted octanol–water partition coefficient (Wildman–Crippen LogP) is 4.33. The Bertz CT molecular complexity index is 1020. The molecular weight excluding hydrogens is 384 g/mol. The number of aromatic nitrogens is 2. The lowest BCUT2D eigenvalue weighted by Gasteiger charge is -2.18. The third kappa shape index (κ3) is 3.84. The highest BCUT2D eigenvalue weighted by molar-refractivity contribution is 7.16. The van der Waals surface area contributed by atoms with Crippen LogP contribution in [-0.4, -0.2) is 34.2 Å². The number of carbonyl (C=O) groups excluding carboxylic acids is 1. The second-order valence-corrected chi connectivity index (χ2v) is 7.95. The molecule has 1 N–H and O–H groups in total. The molecule has 0 atom stereocenters. The van der Waals surface area contributed by atoms with Crippen molar-refractivity contribution in [2.75, 3.05) is 18.9 Å². The highest BCUT2D eigenvalue weighted by atomic mass is 35.5. The van der Waals surface area contributed by atoms with Crippen molar-refractivity contribution >= 4 is 40.2 Å². The fourth-order valence-corrected chi connectivity index (χ4v) is 3.83. The number of rotatable bonds is 5. The monoisotopic (exact) mass is 400 g/mol. The maximum atomic E-state index is 12.8. The number of anilines is 1. The first-order valence-electron chi connectivity index (χ1n) is 8.33. The zero-order chi connectivity index (χ0) is 18.8. The van der Waals surface area contributed by atoms with Crippen molar-refractivity contribution < 1.29 is 9.21 Å². The van der Waals surface area contributed by atoms with Gasteiger partial charge in [0.2, 0.25) is 0 Å². The van der Waals surface area contributed by atoms with E-state index in [1.54, 1.807) is 6.07 Å². The Morgan fingerprint density at radius 3 is 3.00 bits per heavy atom. The standard InChI is InChI=1S/C19H17ClN4O2S/c1-23-7-2-3-13(11-23)16-9-18(21-10-15-4-5-17(20)27-15)24(22-16)19(25)14-6-8-26-12-14/h2-9,12,21H,10-11H2,1H3. The smallest absolute Gasteiger partial charge is 0.283 e. The fourth-order valence-electron chi connectivity index (χ4n) is 2.80. The summed E-state index contributed by atoms with van der Waals surface area (Å²) in [5, 5.41) is 7.85. The molecule has 0 fully saturated rings. The second-order valence-electron chi connectivity index (χ2n) is 6.15. The van der Waals surface area contributed by atoms with Crippen molar-refractivity contribution in [2.45, 2.75) is 6.54 Å². The lowest BCUT2D eigenvalue weighted by molar-refractivity contribution is 0.0947. The van der Waals surface area contributed by atoms with Crippen LogP contribution in [0.4, 0.5) is 5.82 Å². The average Bonchev–Trinajstić information content (AvgIpc) is 3.40. The molecule has 0 unspecified atom stereocenters. The highest BCUT2D eigenvalue weighted by Crippen LogP contribution is 2.25. The van der Waals surface area contributed by atoms with Crippen LogP contribution >= 0.6 is 22.9 Å². The van der Waals surface area contributed by atoms with E-state index < -0.39 is 0 Å². The molecule has 1 aliphatic rings. The molecule has 0 aliphatic carbocycles. The number of allylic oxidation sites excluding steroid dienone is 2. The largest absolute Gasteiger partial charge is 0.472 e. The molecule has 4 heterocycles. The van der Waals surface area contributed by atoms with Gasteiger partial charge in [0.05, 0.1) is 28.4 Å². The van der Waals surface area contributed by atoms with Crippen LogP contribution in [0.15, 0.2) is 59.6 Å². The summed E-state index contributed by atoms with van der Waals surface area (Å²) in [6.07, 6.45) is 8.87. The molecule has 0 radical (unpaired) electrons. The minimum absolute atomic E-state index is 0.248. The Balaban J connectivity index is 1.65. The maximum absolute atomic E-state index is 12.8. The number of nitrogens with zero attached hydrogens (tertiary/aromatic N) is 3. The molecule has 27 heavy (non-hydrogen) atoms. The quantitative estimate of drug-likeness (QED) is 0.690. The van der Waals surface area contributed by atoms with Gasteiger partial charge >= 0.3 is 0 Å². The van der Waals surface area contributed by atoms with Gasteiger partial charge in [0.25, 0.3) is 5.91 Å². The molecule has 0 spiro atoms. The molecule has 3 aromatic heterocycles. The molecule has 0 aromatic carbocycles. The van der Waals surface area contributed by atoms with E-state index in [0.717, 1.165) is 27.0 Å². The number of likely N-dealkylation sites (N-methyl/N-ethyl adjacent to an activating group) is 1. The lowest BCUT2D eigenvalue weighted by atomic mass is 10.1. The molecular formula is C19H17ClN4O2S. The Hall–Kier alpha value is -2.77. The van der Waals surface area contributed by atoms with E-state index in [-0.39, 0.29) is 5.91 Å². The van der Waals surface area contributed by atoms with E-state index in [1.165, 1.54) is 28.5 Å². The van der Waals surface area contributed by atoms with E-state index in [2.05, 4.69) is 15.3 Å². The van der Waals surface area contributed by atoms with Gasteiger partial charge in [-0.05, 0) is 36.0 Å². The van der Waals surface area contributed by atoms with Gasteiger partial charge in [-0.2, -0.15) is 9.78 Å². The first kappa shape index (κ1) is 17.6. The molecule has 0 saturated carbocycles. The van der Waals surface area contributed by atoms with Crippen LogP contribution < -0.4 is 5.32 Å². The first-order valence-corrected chi connectivity index (χ1v) is 9.52. The first-order chi connectivity index (χ1) is 13.1. The molecule has 3 aromatic rings. The van der Waals surface area contributed by atoms with Crippen LogP contribution in [0.1, 0.15) is 20.9 Å². The van der Waals surface area contributed by atoms with Crippen LogP contribution in [-0.2, 0) is 6.54 Å². The van der Waals surface area contributed by atoms with Crippen molar-refractivity contribution in [1.82, 2.24) is 14.7 Å². The van der Waals surface area contributed by atoms with E-state index in [1.807, 2.05) is 43.6 Å². The number of nitrogens with one attached hydrogen (secondary N) is 1. The topological polar surface area (TPSA) is 63.3 Å². The number of furan rings is 1. The average molecular weight is 401 g/mol. The Kier molecular flexibility index (Phi) is 4.87. The predicted molar refractivity (Wildman–Crippen MR) is 107 cm³/mol. The van der Waals surface area contributed by atoms with Gasteiger partial charge in [-0.3, -0.25) is 4.79 Å². The number of thiophene rings is 1. The van der Waals surface area contributed by atoms with E-state index in [0.29, 0.717) is 17.9 Å². The number of halogens is 1. The van der Waals surface area contributed by atoms with Crippen LogP contribution in [0.25, 0.3) is 5.57 Å². The molecule has 1 aliphatic heterocycles. The maximum Gasteiger partial charge on any atom is 0.283 e. The van der Waals surface area contributed by atoms with Crippen LogP contribution in [0.2, 0.25) is 4.34 Å². The summed E-state index contributed by atoms with van der Waals surface area (Å²) in [5.74, 6) is 0.376. The molecule has 0 bridgehead atoms. The Labute approximate surface area is 165 Å². The van der Waals surface area contributed by atoms with Crippen molar-refractivity contribution in [3.8, 4) is 0 Å². The third-order valence-electron chi connectivity index (χ3n) is 4.13. The summed E-state index contributed by atoms with van der Waals surface area (Å²) in [6.45, 7) is 1.29. The van der Waals surface area contributed by atoms with Crippen molar-refractivity contribution in [1.29, 1.82) is 0 Å². The SMILES string of the molecule is CN1C=CC=C(c2cc(NCc3ccc(Cl)s3)n(C(=O)c3ccoc3)n2)C1. The summed E-state index contributed by atoms with van der Waals surface area (Å²) in [4.78, 5) is 16.0. The second kappa shape index (κ2) is 7.46. The number of carbonyl (C=O) groups is 1. The van der Waals surface area contributed by atoms with Crippen LogP contribution in [0.5, 0.6) is 0 Å². The van der Waals surface area contributed by atoms with E-state index in [9.17, 15) is 4.79 Å². The Morgan fingerprint density at radius 1 is 1.41 bits per heavy atom. The number of hydrogen-bond acceptors (Lipinski definition) is 6. The molecule has 6 nitrogen and oxygen atoms in total. The highest BCUT2D eigenvalue weighted by Gasteiger charge is 2.19. The van der Waals surface area contributed by atoms with Gasteiger partial charge in [-0.25, -0.2) is 0 Å². The molecule has 0 saturated heterocycles. The molecule has 4 rings (SSSR count). The third-order valence-corrected chi connectivity index (χ3v) is 5.36. The van der Waals surface area contributed by atoms with Crippen molar-refractivity contribution in [2.24, 2.45) is 0 Å². The summed E-state index contributed by atoms with van der Waals surface area (Å²) in [6, 6.07) is 7.34. The van der Waals surface area contributed by atoms with Crippen LogP contribution in [0, 0.1) is 0 Å². The normalized spacial score (nSPS) is 13.7. The van der Waals surface area contributed by atoms with Gasteiger partial charge in [-0.1, -0.05) is 17.7 Å². The zero-order valence-electron chi connectivity index (χ0n) is 14.6. The van der Waals surface area contributed by atoms with E-state index >= 15 is 0 Å². The van der Waals surface area contributed by atoms with Gasteiger partial charge < -0.3 is 14.6 Å². The number of hydrogen-bond donors (Lipinski definition) is 1. The molecule has 8 heteroatoms. The van der Waals surface area contributed by atoms with E-state index in [4.69, 9.17) is 16.0 Å². The summed E-state index contributed by atoms with van der Waals surface area (Å²) >= 11 is 7.50. The minimum atomic E-state index is -0.248. The van der Waals surface area contributed by atoms with Gasteiger partial charge in [0, 0.05) is 24.5 Å². The molecule has 138 valence electrons. The lowest BCUT2D eigenvalue weighted by Crippen LogP contribution is -2.18. The van der Waals surface area contributed by atoms with Gasteiger partial charge in [0.15, 0.2) is 0 Å². The summed E-state index contributed by atoms with van der Waals surface area (Å²) < 4.78 is 7.16. The zero-order valence-corrected chi connectivity index (χ0v) is 16.1. The van der Waals surface area contributed by atoms with Crippen LogP contribution in [0.3, 0.4) is 0 Å². The summed E-state index contributed by atoms with van der Waals surface area (Å²) in [5.41, 5.74) is 2.25. The molecule has 0 amide bonds. The van der Waals surface area contributed by atoms with Crippen molar-refractivity contribution in [3.05, 3.63) is 75.6 Å². The Morgan fingerprint density at radius 2 is 2.30 bits per heavy atom. The van der Waals surface area contributed by atoms with Gasteiger partial charge in [-0.15, -0.1) is 11.3 Å². The minimum Gasteiger partial charge on any atom is -0.472 e. The summed E-state index contributed by atoms with van der Waals surface area (Å²) in [7, 11) is 2.00.